The van der Waals surface area contributed by atoms with Gasteiger partial charge >= 0.3 is 0 Å². The van der Waals surface area contributed by atoms with Crippen LogP contribution in [0.1, 0.15) is 30.3 Å². The fourth-order valence-corrected chi connectivity index (χ4v) is 3.66. The van der Waals surface area contributed by atoms with Gasteiger partial charge in [-0.15, -0.1) is 0 Å². The van der Waals surface area contributed by atoms with Crippen molar-refractivity contribution in [1.29, 1.82) is 0 Å². The summed E-state index contributed by atoms with van der Waals surface area (Å²) in [6.07, 6.45) is 2.69. The number of hydrogen-bond donors (Lipinski definition) is 2. The molecule has 0 bridgehead atoms. The van der Waals surface area contributed by atoms with Crippen molar-refractivity contribution in [3.8, 4) is 0 Å². The first-order valence-electron chi connectivity index (χ1n) is 9.46. The van der Waals surface area contributed by atoms with E-state index in [9.17, 15) is 9.59 Å². The maximum Gasteiger partial charge on any atom is 0.289 e. The molecular formula is C20H23ClN4O3S. The molecule has 2 aromatic rings. The Bertz CT molecular complexity index is 880. The van der Waals surface area contributed by atoms with Crippen molar-refractivity contribution < 1.29 is 14.0 Å². The standard InChI is InChI=1S/C20H23ClN4O3S/c1-2-4-18(26)23-20(29)22-14-6-7-16(15(21)13-14)24-8-10-25(11-9-24)19(27)17-5-3-12-28-17/h3,5-7,12-13H,2,4,8-11H2,1H3,(H2,22,23,26,29). The number of halogens is 1. The highest BCUT2D eigenvalue weighted by molar-refractivity contribution is 7.80. The Morgan fingerprint density at radius 3 is 2.59 bits per heavy atom. The minimum absolute atomic E-state index is 0.0982. The Morgan fingerprint density at radius 1 is 1.21 bits per heavy atom. The molecule has 2 N–H and O–H groups in total. The predicted octanol–water partition coefficient (Wildman–Crippen LogP) is 3.51. The largest absolute Gasteiger partial charge is 0.459 e. The van der Waals surface area contributed by atoms with Crippen LogP contribution in [-0.4, -0.2) is 48.0 Å². The molecule has 0 spiro atoms. The number of amides is 2. The van der Waals surface area contributed by atoms with Gasteiger partial charge in [-0.3, -0.25) is 9.59 Å². The normalized spacial score (nSPS) is 13.9. The zero-order chi connectivity index (χ0) is 20.8. The number of nitrogens with zero attached hydrogens (tertiary/aromatic N) is 2. The van der Waals surface area contributed by atoms with Gasteiger partial charge in [-0.25, -0.2) is 0 Å². The highest BCUT2D eigenvalue weighted by Gasteiger charge is 2.24. The summed E-state index contributed by atoms with van der Waals surface area (Å²) in [4.78, 5) is 27.9. The van der Waals surface area contributed by atoms with E-state index in [-0.39, 0.29) is 16.9 Å². The molecule has 0 radical (unpaired) electrons. The van der Waals surface area contributed by atoms with Crippen LogP contribution >= 0.6 is 23.8 Å². The lowest BCUT2D eigenvalue weighted by atomic mass is 10.2. The minimum Gasteiger partial charge on any atom is -0.459 e. The van der Waals surface area contributed by atoms with E-state index >= 15 is 0 Å². The SMILES string of the molecule is CCCC(=O)NC(=S)Nc1ccc(N2CCN(C(=O)c3ccco3)CC2)c(Cl)c1. The molecule has 1 saturated heterocycles. The van der Waals surface area contributed by atoms with Gasteiger partial charge < -0.3 is 24.9 Å². The molecule has 0 atom stereocenters. The molecule has 0 saturated carbocycles. The topological polar surface area (TPSA) is 77.8 Å². The summed E-state index contributed by atoms with van der Waals surface area (Å²) >= 11 is 11.6. The van der Waals surface area contributed by atoms with Crippen molar-refractivity contribution in [2.75, 3.05) is 36.4 Å². The smallest absolute Gasteiger partial charge is 0.289 e. The molecule has 3 rings (SSSR count). The van der Waals surface area contributed by atoms with Gasteiger partial charge in [0.05, 0.1) is 17.0 Å². The van der Waals surface area contributed by atoms with Gasteiger partial charge in [-0.05, 0) is 49.0 Å². The van der Waals surface area contributed by atoms with Gasteiger partial charge in [0.1, 0.15) is 0 Å². The molecule has 1 aliphatic rings. The maximum absolute atomic E-state index is 12.4. The number of benzene rings is 1. The zero-order valence-electron chi connectivity index (χ0n) is 16.1. The number of nitrogens with one attached hydrogen (secondary N) is 2. The molecule has 1 aliphatic heterocycles. The molecule has 7 nitrogen and oxygen atoms in total. The number of thiocarbonyl (C=S) groups is 1. The van der Waals surface area contributed by atoms with Crippen LogP contribution in [0.2, 0.25) is 5.02 Å². The summed E-state index contributed by atoms with van der Waals surface area (Å²) < 4.78 is 5.19. The predicted molar refractivity (Wildman–Crippen MR) is 118 cm³/mol. The molecule has 2 heterocycles. The molecule has 154 valence electrons. The summed E-state index contributed by atoms with van der Waals surface area (Å²) in [5.74, 6) is 0.141. The number of hydrogen-bond acceptors (Lipinski definition) is 5. The van der Waals surface area contributed by atoms with Crippen LogP contribution < -0.4 is 15.5 Å². The Kier molecular flexibility index (Phi) is 7.11. The van der Waals surface area contributed by atoms with Gasteiger partial charge in [0.15, 0.2) is 10.9 Å². The van der Waals surface area contributed by atoms with Crippen LogP contribution in [-0.2, 0) is 4.79 Å². The van der Waals surface area contributed by atoms with E-state index in [1.807, 2.05) is 19.1 Å². The van der Waals surface area contributed by atoms with Gasteiger partial charge in [-0.2, -0.15) is 0 Å². The second-order valence-electron chi connectivity index (χ2n) is 6.68. The average molecular weight is 435 g/mol. The number of anilines is 2. The van der Waals surface area contributed by atoms with Crippen molar-refractivity contribution in [1.82, 2.24) is 10.2 Å². The Hall–Kier alpha value is -2.58. The van der Waals surface area contributed by atoms with Crippen molar-refractivity contribution >= 4 is 52.1 Å². The van der Waals surface area contributed by atoms with Gasteiger partial charge in [-0.1, -0.05) is 18.5 Å². The summed E-state index contributed by atoms with van der Waals surface area (Å²) in [6, 6.07) is 8.92. The zero-order valence-corrected chi connectivity index (χ0v) is 17.7. The molecule has 1 aromatic heterocycles. The van der Waals surface area contributed by atoms with Crippen LogP contribution in [0.5, 0.6) is 0 Å². The lowest BCUT2D eigenvalue weighted by molar-refractivity contribution is -0.119. The van der Waals surface area contributed by atoms with E-state index in [2.05, 4.69) is 15.5 Å². The molecule has 1 aromatic carbocycles. The fourth-order valence-electron chi connectivity index (χ4n) is 3.13. The summed E-state index contributed by atoms with van der Waals surface area (Å²) in [5, 5.41) is 6.43. The van der Waals surface area contributed by atoms with E-state index in [1.165, 1.54) is 6.26 Å². The molecular weight excluding hydrogens is 412 g/mol. The number of rotatable bonds is 5. The van der Waals surface area contributed by atoms with Crippen LogP contribution in [0, 0.1) is 0 Å². The van der Waals surface area contributed by atoms with Gasteiger partial charge in [0.25, 0.3) is 5.91 Å². The third kappa shape index (κ3) is 5.48. The number of carbonyl (C=O) groups is 2. The highest BCUT2D eigenvalue weighted by Crippen LogP contribution is 2.30. The summed E-state index contributed by atoms with van der Waals surface area (Å²) in [6.45, 7) is 4.45. The molecule has 29 heavy (non-hydrogen) atoms. The van der Waals surface area contributed by atoms with E-state index in [0.29, 0.717) is 49.1 Å². The second-order valence-corrected chi connectivity index (χ2v) is 7.49. The molecule has 1 fully saturated rings. The lowest BCUT2D eigenvalue weighted by Gasteiger charge is -2.36. The summed E-state index contributed by atoms with van der Waals surface area (Å²) in [7, 11) is 0. The highest BCUT2D eigenvalue weighted by atomic mass is 35.5. The first-order chi connectivity index (χ1) is 14.0. The number of piperazine rings is 1. The quantitative estimate of drug-likeness (QED) is 0.701. The summed E-state index contributed by atoms with van der Waals surface area (Å²) in [5.41, 5.74) is 1.59. The van der Waals surface area contributed by atoms with Gasteiger partial charge in [0.2, 0.25) is 5.91 Å². The van der Waals surface area contributed by atoms with E-state index in [4.69, 9.17) is 28.2 Å². The van der Waals surface area contributed by atoms with Crippen LogP contribution in [0.4, 0.5) is 11.4 Å². The molecule has 0 unspecified atom stereocenters. The lowest BCUT2D eigenvalue weighted by Crippen LogP contribution is -2.48. The third-order valence-electron chi connectivity index (χ3n) is 4.58. The number of carbonyl (C=O) groups excluding carboxylic acids is 2. The Balaban J connectivity index is 1.56. The van der Waals surface area contributed by atoms with Crippen molar-refractivity contribution in [2.45, 2.75) is 19.8 Å². The van der Waals surface area contributed by atoms with Gasteiger partial charge in [0, 0.05) is 38.3 Å². The molecule has 9 heteroatoms. The minimum atomic E-state index is -0.116. The maximum atomic E-state index is 12.4. The van der Waals surface area contributed by atoms with E-state index in [0.717, 1.165) is 12.1 Å². The Morgan fingerprint density at radius 2 is 1.97 bits per heavy atom. The first kappa shape index (κ1) is 21.1. The van der Waals surface area contributed by atoms with Crippen LogP contribution in [0.15, 0.2) is 41.0 Å². The van der Waals surface area contributed by atoms with E-state index < -0.39 is 0 Å². The third-order valence-corrected chi connectivity index (χ3v) is 5.08. The molecule has 2 amide bonds. The first-order valence-corrected chi connectivity index (χ1v) is 10.2. The number of furan rings is 1. The van der Waals surface area contributed by atoms with Crippen LogP contribution in [0.25, 0.3) is 0 Å². The Labute approximate surface area is 180 Å². The van der Waals surface area contributed by atoms with Crippen molar-refractivity contribution in [3.63, 3.8) is 0 Å². The van der Waals surface area contributed by atoms with Crippen molar-refractivity contribution in [3.05, 3.63) is 47.4 Å². The van der Waals surface area contributed by atoms with Crippen molar-refractivity contribution in [2.24, 2.45) is 0 Å². The van der Waals surface area contributed by atoms with E-state index in [1.54, 1.807) is 23.1 Å². The van der Waals surface area contributed by atoms with Crippen LogP contribution in [0.3, 0.4) is 0 Å². The molecule has 0 aliphatic carbocycles. The average Bonchev–Trinajstić information content (AvgIpc) is 3.22. The second kappa shape index (κ2) is 9.76. The monoisotopic (exact) mass is 434 g/mol. The fraction of sp³-hybridized carbons (Fsp3) is 0.350.